The van der Waals surface area contributed by atoms with Crippen molar-refractivity contribution >= 4 is 5.82 Å². The van der Waals surface area contributed by atoms with Crippen molar-refractivity contribution in [1.82, 2.24) is 4.90 Å². The monoisotopic (exact) mass is 268 g/mol. The van der Waals surface area contributed by atoms with Gasteiger partial charge in [0.05, 0.1) is 26.3 Å². The number of hydrogen-bond donors (Lipinski definition) is 0. The van der Waals surface area contributed by atoms with E-state index in [0.29, 0.717) is 0 Å². The third-order valence-electron chi connectivity index (χ3n) is 3.97. The third-order valence-corrected chi connectivity index (χ3v) is 3.97. The van der Waals surface area contributed by atoms with Crippen LogP contribution in [0.5, 0.6) is 0 Å². The molecule has 1 aromatic carbocycles. The predicted octanol–water partition coefficient (Wildman–Crippen LogP) is 1.83. The van der Waals surface area contributed by atoms with Gasteiger partial charge in [0.15, 0.2) is 0 Å². The maximum absolute atomic E-state index is 2.54. The average Bonchev–Trinajstić information content (AvgIpc) is 2.50. The third kappa shape index (κ3) is 2.99. The predicted molar refractivity (Wildman–Crippen MR) is 81.6 cm³/mol. The number of aryl methyl sites for hydroxylation is 1. The lowest BCUT2D eigenvalue weighted by atomic mass is 10.2. The van der Waals surface area contributed by atoms with Gasteiger partial charge in [0.25, 0.3) is 5.82 Å². The van der Waals surface area contributed by atoms with E-state index in [2.05, 4.69) is 76.1 Å². The molecule has 3 heteroatoms. The fourth-order valence-corrected chi connectivity index (χ4v) is 2.82. The van der Waals surface area contributed by atoms with Gasteiger partial charge >= 0.3 is 0 Å². The Hall–Kier alpha value is -1.87. The van der Waals surface area contributed by atoms with Crippen molar-refractivity contribution in [2.75, 3.05) is 31.1 Å². The largest absolute Gasteiger partial charge is 0.291 e. The van der Waals surface area contributed by atoms with Gasteiger partial charge in [-0.3, -0.25) is 9.80 Å². The minimum atomic E-state index is 1.07. The van der Waals surface area contributed by atoms with Crippen LogP contribution in [0.25, 0.3) is 0 Å². The zero-order valence-electron chi connectivity index (χ0n) is 12.1. The summed E-state index contributed by atoms with van der Waals surface area (Å²) >= 11 is 0. The van der Waals surface area contributed by atoms with Gasteiger partial charge in [0, 0.05) is 25.7 Å². The molecule has 1 aliphatic heterocycles. The van der Waals surface area contributed by atoms with E-state index in [-0.39, 0.29) is 0 Å². The van der Waals surface area contributed by atoms with Gasteiger partial charge in [-0.2, -0.15) is 0 Å². The molecule has 1 saturated heterocycles. The quantitative estimate of drug-likeness (QED) is 0.786. The molecular formula is C17H22N3+. The molecule has 0 atom stereocenters. The molecule has 0 bridgehead atoms. The molecule has 3 nitrogen and oxygen atoms in total. The van der Waals surface area contributed by atoms with Crippen LogP contribution in [0.3, 0.4) is 0 Å². The summed E-state index contributed by atoms with van der Waals surface area (Å²) in [5.41, 5.74) is 1.41. The molecule has 0 unspecified atom stereocenters. The van der Waals surface area contributed by atoms with Crippen LogP contribution in [-0.4, -0.2) is 31.1 Å². The fraction of sp³-hybridized carbons (Fsp3) is 0.353. The smallest absolute Gasteiger partial charge is 0.276 e. The van der Waals surface area contributed by atoms with Crippen LogP contribution in [0.2, 0.25) is 0 Å². The number of benzene rings is 1. The molecule has 0 saturated carbocycles. The van der Waals surface area contributed by atoms with Gasteiger partial charge in [-0.1, -0.05) is 36.4 Å². The topological polar surface area (TPSA) is 10.4 Å². The first kappa shape index (κ1) is 13.1. The maximum Gasteiger partial charge on any atom is 0.276 e. The molecule has 0 aliphatic carbocycles. The highest BCUT2D eigenvalue weighted by Gasteiger charge is 2.24. The second kappa shape index (κ2) is 6.06. The molecule has 0 amide bonds. The lowest BCUT2D eigenvalue weighted by Crippen LogP contribution is -2.50. The van der Waals surface area contributed by atoms with Crippen molar-refractivity contribution in [1.29, 1.82) is 0 Å². The highest BCUT2D eigenvalue weighted by atomic mass is 15.3. The van der Waals surface area contributed by atoms with Crippen molar-refractivity contribution < 1.29 is 4.57 Å². The molecule has 20 heavy (non-hydrogen) atoms. The summed E-state index contributed by atoms with van der Waals surface area (Å²) in [6.45, 7) is 5.53. The summed E-state index contributed by atoms with van der Waals surface area (Å²) in [5, 5.41) is 0. The minimum Gasteiger partial charge on any atom is -0.291 e. The Morgan fingerprint density at radius 1 is 0.900 bits per heavy atom. The number of anilines is 1. The standard InChI is InChI=1S/C17H22N3/c1-18-10-6-5-9-17(18)20-13-11-19(12-14-20)15-16-7-3-2-4-8-16/h2-10H,11-15H2,1H3/q+1. The van der Waals surface area contributed by atoms with Crippen LogP contribution in [0.15, 0.2) is 54.7 Å². The van der Waals surface area contributed by atoms with Gasteiger partial charge in [0.2, 0.25) is 0 Å². The Morgan fingerprint density at radius 3 is 2.30 bits per heavy atom. The highest BCUT2D eigenvalue weighted by molar-refractivity contribution is 5.33. The lowest BCUT2D eigenvalue weighted by molar-refractivity contribution is -0.659. The Balaban J connectivity index is 1.59. The summed E-state index contributed by atoms with van der Waals surface area (Å²) in [6.07, 6.45) is 2.12. The molecular weight excluding hydrogens is 246 g/mol. The van der Waals surface area contributed by atoms with Gasteiger partial charge in [-0.25, -0.2) is 4.57 Å². The van der Waals surface area contributed by atoms with Crippen molar-refractivity contribution in [3.8, 4) is 0 Å². The molecule has 0 N–H and O–H groups in total. The number of nitrogens with zero attached hydrogens (tertiary/aromatic N) is 3. The van der Waals surface area contributed by atoms with Gasteiger partial charge in [-0.05, 0) is 11.6 Å². The number of rotatable bonds is 3. The molecule has 3 rings (SSSR count). The molecule has 1 aliphatic rings. The van der Waals surface area contributed by atoms with Gasteiger partial charge in [-0.15, -0.1) is 0 Å². The second-order valence-electron chi connectivity index (χ2n) is 5.42. The molecule has 2 heterocycles. The van der Waals surface area contributed by atoms with Crippen molar-refractivity contribution in [2.45, 2.75) is 6.54 Å². The highest BCUT2D eigenvalue weighted by Crippen LogP contribution is 2.13. The molecule has 0 spiro atoms. The van der Waals surface area contributed by atoms with E-state index < -0.39 is 0 Å². The van der Waals surface area contributed by atoms with E-state index in [1.54, 1.807) is 0 Å². The number of aromatic nitrogens is 1. The average molecular weight is 268 g/mol. The number of piperazine rings is 1. The van der Waals surface area contributed by atoms with E-state index in [9.17, 15) is 0 Å². The lowest BCUT2D eigenvalue weighted by Gasteiger charge is -2.31. The Bertz CT molecular complexity index is 545. The summed E-state index contributed by atoms with van der Waals surface area (Å²) in [4.78, 5) is 5.01. The van der Waals surface area contributed by atoms with Crippen LogP contribution in [-0.2, 0) is 13.6 Å². The Morgan fingerprint density at radius 2 is 1.60 bits per heavy atom. The van der Waals surface area contributed by atoms with E-state index in [4.69, 9.17) is 0 Å². The van der Waals surface area contributed by atoms with Crippen LogP contribution < -0.4 is 9.47 Å². The summed E-state index contributed by atoms with van der Waals surface area (Å²) in [7, 11) is 2.12. The van der Waals surface area contributed by atoms with Gasteiger partial charge in [0.1, 0.15) is 0 Å². The molecule has 1 aromatic heterocycles. The zero-order valence-corrected chi connectivity index (χ0v) is 12.1. The van der Waals surface area contributed by atoms with Crippen LogP contribution in [0, 0.1) is 0 Å². The maximum atomic E-state index is 2.54. The SMILES string of the molecule is C[n+]1ccccc1N1CCN(Cc2ccccc2)CC1. The summed E-state index contributed by atoms with van der Waals surface area (Å²) in [6, 6.07) is 17.1. The van der Waals surface area contributed by atoms with E-state index >= 15 is 0 Å². The van der Waals surface area contributed by atoms with Crippen LogP contribution in [0.1, 0.15) is 5.56 Å². The van der Waals surface area contributed by atoms with Crippen molar-refractivity contribution in [3.63, 3.8) is 0 Å². The Labute approximate surface area is 121 Å². The van der Waals surface area contributed by atoms with Crippen LogP contribution >= 0.6 is 0 Å². The zero-order chi connectivity index (χ0) is 13.8. The molecule has 1 fully saturated rings. The molecule has 104 valence electrons. The Kier molecular flexibility index (Phi) is 3.97. The molecule has 0 radical (unpaired) electrons. The van der Waals surface area contributed by atoms with Crippen molar-refractivity contribution in [2.24, 2.45) is 7.05 Å². The fourth-order valence-electron chi connectivity index (χ4n) is 2.82. The van der Waals surface area contributed by atoms with E-state index in [1.165, 1.54) is 11.4 Å². The molecule has 2 aromatic rings. The number of hydrogen-bond acceptors (Lipinski definition) is 2. The first-order chi connectivity index (χ1) is 9.83. The minimum absolute atomic E-state index is 1.07. The summed E-state index contributed by atoms with van der Waals surface area (Å²) in [5.74, 6) is 1.31. The van der Waals surface area contributed by atoms with E-state index in [0.717, 1.165) is 32.7 Å². The van der Waals surface area contributed by atoms with Crippen LogP contribution in [0.4, 0.5) is 5.82 Å². The van der Waals surface area contributed by atoms with E-state index in [1.807, 2.05) is 0 Å². The first-order valence-corrected chi connectivity index (χ1v) is 7.29. The number of pyridine rings is 1. The van der Waals surface area contributed by atoms with Gasteiger partial charge < -0.3 is 0 Å². The first-order valence-electron chi connectivity index (χ1n) is 7.29. The second-order valence-corrected chi connectivity index (χ2v) is 5.42. The summed E-state index contributed by atoms with van der Waals surface area (Å²) < 4.78 is 2.20. The normalized spacial score (nSPS) is 16.4. The van der Waals surface area contributed by atoms with Crippen molar-refractivity contribution in [3.05, 3.63) is 60.3 Å².